The Bertz CT molecular complexity index is 574. The highest BCUT2D eigenvalue weighted by Gasteiger charge is 2.30. The number of hydrogen-bond donors (Lipinski definition) is 3. The average Bonchev–Trinajstić information content (AvgIpc) is 2.46. The van der Waals surface area contributed by atoms with Gasteiger partial charge in [0.25, 0.3) is 5.91 Å². The Hall–Kier alpha value is -1.95. The molecule has 22 heavy (non-hydrogen) atoms. The maximum Gasteiger partial charge on any atom is 0.272 e. The molecule has 0 radical (unpaired) electrons. The molecule has 0 aliphatic carbocycles. The first-order valence-corrected chi connectivity index (χ1v) is 7.65. The van der Waals surface area contributed by atoms with Gasteiger partial charge in [-0.15, -0.1) is 0 Å². The van der Waals surface area contributed by atoms with Crippen molar-refractivity contribution >= 4 is 17.3 Å². The first-order chi connectivity index (χ1) is 10.3. The van der Waals surface area contributed by atoms with Crippen LogP contribution in [0.5, 0.6) is 0 Å². The van der Waals surface area contributed by atoms with Crippen LogP contribution in [0.4, 0.5) is 5.69 Å². The molecule has 0 aromatic carbocycles. The number of likely N-dealkylation sites (tertiary alicyclic amines) is 1. The largest absolute Gasteiger partial charge is 0.390 e. The van der Waals surface area contributed by atoms with Crippen molar-refractivity contribution in [2.75, 3.05) is 25.0 Å². The van der Waals surface area contributed by atoms with Crippen molar-refractivity contribution in [3.05, 3.63) is 23.5 Å². The van der Waals surface area contributed by atoms with E-state index < -0.39 is 5.60 Å². The molecule has 1 aliphatic rings. The molecular weight excluding hydrogens is 280 g/mol. The number of carbonyl (C=O) groups excluding carboxylic acids is 1. The first kappa shape index (κ1) is 16.4. The van der Waals surface area contributed by atoms with Crippen molar-refractivity contribution in [1.29, 1.82) is 5.41 Å². The van der Waals surface area contributed by atoms with E-state index >= 15 is 0 Å². The maximum atomic E-state index is 12.5. The van der Waals surface area contributed by atoms with Gasteiger partial charge in [-0.25, -0.2) is 0 Å². The normalized spacial score (nSPS) is 17.2. The second-order valence-corrected chi connectivity index (χ2v) is 6.06. The highest BCUT2D eigenvalue weighted by molar-refractivity contribution is 6.02. The van der Waals surface area contributed by atoms with Crippen LogP contribution in [-0.4, -0.2) is 51.8 Å². The minimum absolute atomic E-state index is 0.121. The molecule has 6 nitrogen and oxygen atoms in total. The first-order valence-electron chi connectivity index (χ1n) is 7.65. The topological polar surface area (TPSA) is 89.3 Å². The Labute approximate surface area is 131 Å². The van der Waals surface area contributed by atoms with Gasteiger partial charge in [0.2, 0.25) is 0 Å². The predicted octanol–water partition coefficient (Wildman–Crippen LogP) is 1.89. The Kier molecular flexibility index (Phi) is 4.81. The zero-order valence-electron chi connectivity index (χ0n) is 13.4. The van der Waals surface area contributed by atoms with E-state index in [1.807, 2.05) is 6.92 Å². The molecule has 0 spiro atoms. The summed E-state index contributed by atoms with van der Waals surface area (Å²) in [7, 11) is 0. The number of aliphatic hydroxyl groups is 1. The molecule has 0 unspecified atom stereocenters. The van der Waals surface area contributed by atoms with Crippen LogP contribution >= 0.6 is 0 Å². The Morgan fingerprint density at radius 3 is 2.68 bits per heavy atom. The van der Waals surface area contributed by atoms with Crippen molar-refractivity contribution in [3.8, 4) is 0 Å². The number of pyridine rings is 1. The number of amides is 1. The molecule has 0 atom stereocenters. The van der Waals surface area contributed by atoms with Gasteiger partial charge in [-0.1, -0.05) is 0 Å². The van der Waals surface area contributed by atoms with Crippen LogP contribution in [-0.2, 0) is 0 Å². The molecule has 1 saturated heterocycles. The van der Waals surface area contributed by atoms with Crippen LogP contribution in [0.1, 0.15) is 49.7 Å². The molecule has 1 amide bonds. The van der Waals surface area contributed by atoms with Gasteiger partial charge in [0.05, 0.1) is 5.60 Å². The molecule has 1 aromatic rings. The van der Waals surface area contributed by atoms with Crippen molar-refractivity contribution in [2.45, 2.75) is 39.2 Å². The molecule has 2 rings (SSSR count). The van der Waals surface area contributed by atoms with E-state index in [0.717, 1.165) is 5.69 Å². The fraction of sp³-hybridized carbons (Fsp3) is 0.562. The molecule has 1 aromatic heterocycles. The van der Waals surface area contributed by atoms with Crippen LogP contribution < -0.4 is 5.32 Å². The summed E-state index contributed by atoms with van der Waals surface area (Å²) >= 11 is 0. The lowest BCUT2D eigenvalue weighted by Gasteiger charge is -2.35. The summed E-state index contributed by atoms with van der Waals surface area (Å²) in [6.07, 6.45) is 2.74. The van der Waals surface area contributed by atoms with Gasteiger partial charge in [-0.3, -0.25) is 9.78 Å². The second-order valence-electron chi connectivity index (χ2n) is 6.06. The summed E-state index contributed by atoms with van der Waals surface area (Å²) in [5, 5.41) is 20.9. The summed E-state index contributed by atoms with van der Waals surface area (Å²) < 4.78 is 0. The van der Waals surface area contributed by atoms with Crippen molar-refractivity contribution in [2.24, 2.45) is 0 Å². The van der Waals surface area contributed by atoms with Gasteiger partial charge >= 0.3 is 0 Å². The van der Waals surface area contributed by atoms with E-state index in [4.69, 9.17) is 5.41 Å². The minimum Gasteiger partial charge on any atom is -0.390 e. The van der Waals surface area contributed by atoms with Gasteiger partial charge in [-0.2, -0.15) is 0 Å². The summed E-state index contributed by atoms with van der Waals surface area (Å²) in [4.78, 5) is 18.5. The zero-order chi connectivity index (χ0) is 16.3. The molecule has 120 valence electrons. The smallest absolute Gasteiger partial charge is 0.272 e. The minimum atomic E-state index is -0.680. The van der Waals surface area contributed by atoms with Crippen LogP contribution in [0, 0.1) is 5.41 Å². The number of nitrogens with one attached hydrogen (secondary N) is 2. The third-order valence-electron chi connectivity index (χ3n) is 4.02. The average molecular weight is 304 g/mol. The van der Waals surface area contributed by atoms with Crippen LogP contribution in [0.2, 0.25) is 0 Å². The van der Waals surface area contributed by atoms with E-state index in [9.17, 15) is 9.90 Å². The zero-order valence-corrected chi connectivity index (χ0v) is 13.4. The van der Waals surface area contributed by atoms with Gasteiger partial charge in [-0.05, 0) is 39.7 Å². The summed E-state index contributed by atoms with van der Waals surface area (Å²) in [5.74, 6) is -0.121. The Morgan fingerprint density at radius 2 is 2.14 bits per heavy atom. The second kappa shape index (κ2) is 6.44. The number of piperidine rings is 1. The highest BCUT2D eigenvalue weighted by Crippen LogP contribution is 2.23. The van der Waals surface area contributed by atoms with Crippen molar-refractivity contribution < 1.29 is 9.90 Å². The molecular formula is C16H24N4O2. The van der Waals surface area contributed by atoms with Gasteiger partial charge in [0.15, 0.2) is 0 Å². The molecule has 3 N–H and O–H groups in total. The van der Waals surface area contributed by atoms with Crippen LogP contribution in [0.25, 0.3) is 0 Å². The molecule has 1 fully saturated rings. The summed E-state index contributed by atoms with van der Waals surface area (Å²) in [6.45, 7) is 7.26. The van der Waals surface area contributed by atoms with Crippen LogP contribution in [0.15, 0.2) is 12.3 Å². The lowest BCUT2D eigenvalue weighted by molar-refractivity contribution is -0.00219. The van der Waals surface area contributed by atoms with E-state index in [1.165, 1.54) is 0 Å². The van der Waals surface area contributed by atoms with E-state index in [2.05, 4.69) is 10.3 Å². The van der Waals surface area contributed by atoms with Gasteiger partial charge in [0, 0.05) is 42.8 Å². The predicted molar refractivity (Wildman–Crippen MR) is 86.7 cm³/mol. The molecule has 0 bridgehead atoms. The van der Waals surface area contributed by atoms with E-state index in [-0.39, 0.29) is 5.91 Å². The monoisotopic (exact) mass is 304 g/mol. The van der Waals surface area contributed by atoms with Crippen LogP contribution in [0.3, 0.4) is 0 Å². The summed E-state index contributed by atoms with van der Waals surface area (Å²) in [6, 6.07) is 1.71. The Balaban J connectivity index is 2.20. The summed E-state index contributed by atoms with van der Waals surface area (Å²) in [5.41, 5.74) is 1.58. The number of rotatable bonds is 4. The lowest BCUT2D eigenvalue weighted by Crippen LogP contribution is -2.45. The third kappa shape index (κ3) is 3.62. The number of anilines is 1. The number of carbonyl (C=O) groups is 1. The molecule has 2 heterocycles. The van der Waals surface area contributed by atoms with Crippen molar-refractivity contribution in [3.63, 3.8) is 0 Å². The lowest BCUT2D eigenvalue weighted by atomic mass is 9.93. The maximum absolute atomic E-state index is 12.5. The number of hydrogen-bond acceptors (Lipinski definition) is 5. The number of nitrogens with zero attached hydrogens (tertiary/aromatic N) is 2. The number of aromatic nitrogens is 1. The molecule has 6 heteroatoms. The molecule has 1 aliphatic heterocycles. The standard InChI is InChI=1S/C16H24N4O2/c1-4-18-13-9-14(19-10-12(13)11(2)17)15(21)20-7-5-16(3,22)6-8-20/h9-10,17,22H,4-8H2,1-3H3,(H,18,19). The third-order valence-corrected chi connectivity index (χ3v) is 4.02. The fourth-order valence-corrected chi connectivity index (χ4v) is 2.56. The van der Waals surface area contributed by atoms with E-state index in [1.54, 1.807) is 31.0 Å². The SMILES string of the molecule is CCNc1cc(C(=O)N2CCC(C)(O)CC2)ncc1C(C)=N. The fourth-order valence-electron chi connectivity index (χ4n) is 2.56. The quantitative estimate of drug-likeness (QED) is 0.741. The van der Waals surface area contributed by atoms with Crippen molar-refractivity contribution in [1.82, 2.24) is 9.88 Å². The van der Waals surface area contributed by atoms with E-state index in [0.29, 0.717) is 49.4 Å². The van der Waals surface area contributed by atoms with Gasteiger partial charge < -0.3 is 20.7 Å². The Morgan fingerprint density at radius 1 is 1.50 bits per heavy atom. The molecule has 0 saturated carbocycles. The van der Waals surface area contributed by atoms with Gasteiger partial charge in [0.1, 0.15) is 5.69 Å². The highest BCUT2D eigenvalue weighted by atomic mass is 16.3.